The van der Waals surface area contributed by atoms with Crippen LogP contribution in [0.2, 0.25) is 0 Å². The Morgan fingerprint density at radius 1 is 0.968 bits per heavy atom. The second kappa shape index (κ2) is 8.58. The van der Waals surface area contributed by atoms with Gasteiger partial charge in [0.25, 0.3) is 11.8 Å². The van der Waals surface area contributed by atoms with E-state index in [-0.39, 0.29) is 17.3 Å². The molecule has 162 valence electrons. The molecule has 2 aromatic heterocycles. The lowest BCUT2D eigenvalue weighted by Gasteiger charge is -2.13. The Morgan fingerprint density at radius 2 is 1.61 bits per heavy atom. The molecule has 0 aliphatic heterocycles. The molecule has 0 bridgehead atoms. The first kappa shape index (κ1) is 22.0. The summed E-state index contributed by atoms with van der Waals surface area (Å²) in [5, 5.41) is 4.12. The Bertz CT molecular complexity index is 1100. The highest BCUT2D eigenvalue weighted by Gasteiger charge is 2.31. The SMILES string of the molecule is Cc1ccccc1C(=O)NNC(=O)c1cnn(-c2ccc(C(F)(F)F)cn2)c1C(C)C. The third kappa shape index (κ3) is 4.73. The maximum absolute atomic E-state index is 12.8. The van der Waals surface area contributed by atoms with E-state index in [1.165, 1.54) is 16.9 Å². The number of carbonyl (C=O) groups excluding carboxylic acids is 2. The van der Waals surface area contributed by atoms with Crippen molar-refractivity contribution in [2.75, 3.05) is 0 Å². The van der Waals surface area contributed by atoms with Crippen LogP contribution in [0.3, 0.4) is 0 Å². The Hall–Kier alpha value is -3.69. The minimum Gasteiger partial charge on any atom is -0.267 e. The molecule has 7 nitrogen and oxygen atoms in total. The van der Waals surface area contributed by atoms with Gasteiger partial charge in [0.2, 0.25) is 0 Å². The fraction of sp³-hybridized carbons (Fsp3) is 0.238. The number of pyridine rings is 1. The van der Waals surface area contributed by atoms with E-state index < -0.39 is 23.6 Å². The second-order valence-corrected chi connectivity index (χ2v) is 7.14. The highest BCUT2D eigenvalue weighted by Crippen LogP contribution is 2.29. The van der Waals surface area contributed by atoms with Crippen molar-refractivity contribution < 1.29 is 22.8 Å². The highest BCUT2D eigenvalue weighted by molar-refractivity contribution is 6.00. The number of alkyl halides is 3. The van der Waals surface area contributed by atoms with E-state index in [4.69, 9.17) is 0 Å². The first-order valence-electron chi connectivity index (χ1n) is 9.37. The Labute approximate surface area is 176 Å². The van der Waals surface area contributed by atoms with Crippen LogP contribution in [0.1, 0.15) is 57.3 Å². The normalized spacial score (nSPS) is 11.5. The molecule has 0 saturated carbocycles. The summed E-state index contributed by atoms with van der Waals surface area (Å²) in [6, 6.07) is 8.99. The predicted octanol–water partition coefficient (Wildman–Crippen LogP) is 3.79. The van der Waals surface area contributed by atoms with E-state index in [0.717, 1.165) is 11.6 Å². The van der Waals surface area contributed by atoms with Crippen molar-refractivity contribution in [1.29, 1.82) is 0 Å². The maximum Gasteiger partial charge on any atom is 0.417 e. The average molecular weight is 431 g/mol. The summed E-state index contributed by atoms with van der Waals surface area (Å²) < 4.78 is 39.7. The molecule has 1 aromatic carbocycles. The molecule has 0 spiro atoms. The minimum absolute atomic E-state index is 0.139. The average Bonchev–Trinajstić information content (AvgIpc) is 3.17. The zero-order chi connectivity index (χ0) is 22.8. The van der Waals surface area contributed by atoms with Crippen molar-refractivity contribution in [3.63, 3.8) is 0 Å². The number of amides is 2. The van der Waals surface area contributed by atoms with Crippen molar-refractivity contribution >= 4 is 11.8 Å². The summed E-state index contributed by atoms with van der Waals surface area (Å²) in [6.07, 6.45) is -2.51. The molecule has 2 N–H and O–H groups in total. The minimum atomic E-state index is -4.50. The monoisotopic (exact) mass is 431 g/mol. The van der Waals surface area contributed by atoms with Crippen molar-refractivity contribution in [2.24, 2.45) is 0 Å². The van der Waals surface area contributed by atoms with Crippen LogP contribution in [0.25, 0.3) is 5.82 Å². The second-order valence-electron chi connectivity index (χ2n) is 7.14. The number of rotatable bonds is 4. The number of nitrogens with zero attached hydrogens (tertiary/aromatic N) is 3. The number of halogens is 3. The van der Waals surface area contributed by atoms with Gasteiger partial charge in [-0.1, -0.05) is 32.0 Å². The van der Waals surface area contributed by atoms with Crippen molar-refractivity contribution in [3.8, 4) is 5.82 Å². The number of nitrogens with one attached hydrogen (secondary N) is 2. The van der Waals surface area contributed by atoms with Gasteiger partial charge in [-0.25, -0.2) is 9.67 Å². The molecular formula is C21H20F3N5O2. The van der Waals surface area contributed by atoms with Gasteiger partial charge in [-0.05, 0) is 36.6 Å². The van der Waals surface area contributed by atoms with Gasteiger partial charge in [-0.15, -0.1) is 0 Å². The number of hydrogen-bond acceptors (Lipinski definition) is 4. The molecule has 10 heteroatoms. The number of hydrogen-bond donors (Lipinski definition) is 2. The fourth-order valence-electron chi connectivity index (χ4n) is 3.03. The molecule has 0 aliphatic carbocycles. The van der Waals surface area contributed by atoms with Crippen LogP contribution in [0.4, 0.5) is 13.2 Å². The van der Waals surface area contributed by atoms with Gasteiger partial charge < -0.3 is 0 Å². The first-order valence-corrected chi connectivity index (χ1v) is 9.37. The van der Waals surface area contributed by atoms with E-state index in [2.05, 4.69) is 20.9 Å². The van der Waals surface area contributed by atoms with Crippen molar-refractivity contribution in [1.82, 2.24) is 25.6 Å². The molecule has 0 fully saturated rings. The van der Waals surface area contributed by atoms with Crippen LogP contribution in [0.5, 0.6) is 0 Å². The van der Waals surface area contributed by atoms with Crippen LogP contribution in [-0.4, -0.2) is 26.6 Å². The molecule has 3 aromatic rings. The summed E-state index contributed by atoms with van der Waals surface area (Å²) in [4.78, 5) is 28.8. The van der Waals surface area contributed by atoms with Gasteiger partial charge in [-0.2, -0.15) is 18.3 Å². The standard InChI is InChI=1S/C21H20F3N5O2/c1-12(2)18-16(20(31)28-27-19(30)15-7-5-4-6-13(15)3)11-26-29(18)17-9-8-14(10-25-17)21(22,23)24/h4-12H,1-3H3,(H,27,30)(H,28,31). The Balaban J connectivity index is 1.82. The largest absolute Gasteiger partial charge is 0.417 e. The zero-order valence-corrected chi connectivity index (χ0v) is 17.0. The van der Waals surface area contributed by atoms with Crippen molar-refractivity contribution in [3.05, 3.63) is 76.7 Å². The first-order chi connectivity index (χ1) is 14.6. The van der Waals surface area contributed by atoms with Gasteiger partial charge >= 0.3 is 6.18 Å². The molecular weight excluding hydrogens is 411 g/mol. The lowest BCUT2D eigenvalue weighted by atomic mass is 10.1. The number of aryl methyl sites for hydroxylation is 1. The predicted molar refractivity (Wildman–Crippen MR) is 107 cm³/mol. The molecule has 31 heavy (non-hydrogen) atoms. The smallest absolute Gasteiger partial charge is 0.267 e. The van der Waals surface area contributed by atoms with E-state index in [9.17, 15) is 22.8 Å². The van der Waals surface area contributed by atoms with Gasteiger partial charge in [0.15, 0.2) is 5.82 Å². The molecule has 0 unspecified atom stereocenters. The van der Waals surface area contributed by atoms with Gasteiger partial charge in [0, 0.05) is 11.8 Å². The van der Waals surface area contributed by atoms with E-state index in [0.29, 0.717) is 17.5 Å². The van der Waals surface area contributed by atoms with E-state index in [1.54, 1.807) is 45.0 Å². The molecule has 0 saturated heterocycles. The van der Waals surface area contributed by atoms with Crippen molar-refractivity contribution in [2.45, 2.75) is 32.9 Å². The number of benzene rings is 1. The van der Waals surface area contributed by atoms with E-state index in [1.807, 2.05) is 0 Å². The highest BCUT2D eigenvalue weighted by atomic mass is 19.4. The molecule has 2 amide bonds. The molecule has 3 rings (SSSR count). The summed E-state index contributed by atoms with van der Waals surface area (Å²) >= 11 is 0. The molecule has 0 radical (unpaired) electrons. The number of carbonyl (C=O) groups is 2. The summed E-state index contributed by atoms with van der Waals surface area (Å²) in [7, 11) is 0. The van der Waals surface area contributed by atoms with Crippen LogP contribution in [0.15, 0.2) is 48.8 Å². The summed E-state index contributed by atoms with van der Waals surface area (Å²) in [5.74, 6) is -1.16. The van der Waals surface area contributed by atoms with Gasteiger partial charge in [0.05, 0.1) is 23.0 Å². The zero-order valence-electron chi connectivity index (χ0n) is 17.0. The lowest BCUT2D eigenvalue weighted by molar-refractivity contribution is -0.137. The maximum atomic E-state index is 12.8. The molecule has 0 aliphatic rings. The van der Waals surface area contributed by atoms with Crippen LogP contribution in [-0.2, 0) is 6.18 Å². The third-order valence-corrected chi connectivity index (χ3v) is 4.57. The van der Waals surface area contributed by atoms with Crippen LogP contribution in [0, 0.1) is 6.92 Å². The Morgan fingerprint density at radius 3 is 2.16 bits per heavy atom. The Kier molecular flexibility index (Phi) is 6.09. The lowest BCUT2D eigenvalue weighted by Crippen LogP contribution is -2.42. The summed E-state index contributed by atoms with van der Waals surface area (Å²) in [5.41, 5.74) is 5.60. The number of aromatic nitrogens is 3. The third-order valence-electron chi connectivity index (χ3n) is 4.57. The van der Waals surface area contributed by atoms with Crippen LogP contribution < -0.4 is 10.9 Å². The fourth-order valence-corrected chi connectivity index (χ4v) is 3.03. The van der Waals surface area contributed by atoms with Gasteiger partial charge in [-0.3, -0.25) is 20.4 Å². The topological polar surface area (TPSA) is 88.9 Å². The van der Waals surface area contributed by atoms with Gasteiger partial charge in [0.1, 0.15) is 0 Å². The van der Waals surface area contributed by atoms with Crippen LogP contribution >= 0.6 is 0 Å². The molecule has 2 heterocycles. The van der Waals surface area contributed by atoms with E-state index >= 15 is 0 Å². The molecule has 0 atom stereocenters. The quantitative estimate of drug-likeness (QED) is 0.615. The number of hydrazine groups is 1. The summed E-state index contributed by atoms with van der Waals surface area (Å²) in [6.45, 7) is 5.38.